The van der Waals surface area contributed by atoms with Crippen molar-refractivity contribution in [2.45, 2.75) is 0 Å². The van der Waals surface area contributed by atoms with Crippen molar-refractivity contribution in [2.75, 3.05) is 0 Å². The number of hydrogen-bond acceptors (Lipinski definition) is 3. The van der Waals surface area contributed by atoms with Gasteiger partial charge in [0, 0.05) is 17.0 Å². The van der Waals surface area contributed by atoms with Crippen molar-refractivity contribution in [3.05, 3.63) is 33.7 Å². The molecule has 16 heavy (non-hydrogen) atoms. The van der Waals surface area contributed by atoms with E-state index in [-0.39, 0.29) is 5.15 Å². The minimum Gasteiger partial charge on any atom is -0.245 e. The van der Waals surface area contributed by atoms with E-state index in [1.807, 2.05) is 12.1 Å². The lowest BCUT2D eigenvalue weighted by molar-refractivity contribution is 1.37. The Morgan fingerprint density at radius 2 is 1.94 bits per heavy atom. The lowest BCUT2D eigenvalue weighted by Gasteiger charge is -1.98. The number of thiophene rings is 1. The number of nitrogens with zero attached hydrogens (tertiary/aromatic N) is 2. The molecule has 0 aliphatic rings. The first-order chi connectivity index (χ1) is 7.68. The smallest absolute Gasteiger partial charge is 0.150 e. The maximum absolute atomic E-state index is 6.10. The summed E-state index contributed by atoms with van der Waals surface area (Å²) in [5.41, 5.74) is 0. The molecule has 0 fully saturated rings. The third kappa shape index (κ3) is 1.39. The van der Waals surface area contributed by atoms with Crippen LogP contribution in [-0.4, -0.2) is 9.97 Å². The monoisotopic (exact) mass is 288 g/mol. The standard InChI is InChI=1S/C10H3Cl3N2S/c11-6-7-5(8(12)15-9(6)13)4-2-1-3-14-10(4)16-7/h1-3H. The van der Waals surface area contributed by atoms with Crippen molar-refractivity contribution < 1.29 is 0 Å². The molecule has 0 atom stereocenters. The van der Waals surface area contributed by atoms with Crippen LogP contribution in [0.3, 0.4) is 0 Å². The molecule has 0 saturated carbocycles. The molecule has 0 amide bonds. The van der Waals surface area contributed by atoms with E-state index in [9.17, 15) is 0 Å². The Bertz CT molecular complexity index is 708. The number of fused-ring (bicyclic) bond motifs is 3. The highest BCUT2D eigenvalue weighted by Gasteiger charge is 2.15. The highest BCUT2D eigenvalue weighted by Crippen LogP contribution is 2.42. The molecule has 3 aromatic rings. The zero-order valence-corrected chi connectivity index (χ0v) is 10.8. The van der Waals surface area contributed by atoms with Crippen LogP contribution in [0.2, 0.25) is 15.3 Å². The van der Waals surface area contributed by atoms with E-state index in [1.165, 1.54) is 11.3 Å². The summed E-state index contributed by atoms with van der Waals surface area (Å²) in [5.74, 6) is 0. The predicted molar refractivity (Wildman–Crippen MR) is 70.0 cm³/mol. The molecule has 0 bridgehead atoms. The van der Waals surface area contributed by atoms with E-state index >= 15 is 0 Å². The first-order valence-corrected chi connectivity index (χ1v) is 6.31. The molecule has 0 aromatic carbocycles. The summed E-state index contributed by atoms with van der Waals surface area (Å²) in [6, 6.07) is 3.80. The summed E-state index contributed by atoms with van der Waals surface area (Å²) >= 11 is 19.5. The average Bonchev–Trinajstić information content (AvgIpc) is 2.65. The molecule has 2 nitrogen and oxygen atoms in total. The lowest BCUT2D eigenvalue weighted by atomic mass is 10.2. The van der Waals surface area contributed by atoms with Gasteiger partial charge in [-0.3, -0.25) is 0 Å². The van der Waals surface area contributed by atoms with Crippen molar-refractivity contribution in [3.63, 3.8) is 0 Å². The summed E-state index contributed by atoms with van der Waals surface area (Å²) in [7, 11) is 0. The van der Waals surface area contributed by atoms with Crippen molar-refractivity contribution in [2.24, 2.45) is 0 Å². The Morgan fingerprint density at radius 3 is 2.75 bits per heavy atom. The minimum absolute atomic E-state index is 0.228. The van der Waals surface area contributed by atoms with Gasteiger partial charge in [-0.1, -0.05) is 34.8 Å². The summed E-state index contributed by atoms with van der Waals surface area (Å²) < 4.78 is 0.834. The molecule has 0 radical (unpaired) electrons. The van der Waals surface area contributed by atoms with Gasteiger partial charge in [-0.2, -0.15) is 0 Å². The fourth-order valence-corrected chi connectivity index (χ4v) is 3.53. The quantitative estimate of drug-likeness (QED) is 0.555. The van der Waals surface area contributed by atoms with Crippen LogP contribution in [0.1, 0.15) is 0 Å². The van der Waals surface area contributed by atoms with Gasteiger partial charge < -0.3 is 0 Å². The van der Waals surface area contributed by atoms with Gasteiger partial charge in [0.1, 0.15) is 9.98 Å². The first-order valence-electron chi connectivity index (χ1n) is 4.36. The zero-order valence-electron chi connectivity index (χ0n) is 7.67. The second kappa shape index (κ2) is 3.70. The Kier molecular flexibility index (Phi) is 2.44. The molecular formula is C10H3Cl3N2S. The van der Waals surface area contributed by atoms with E-state index in [2.05, 4.69) is 9.97 Å². The zero-order chi connectivity index (χ0) is 11.3. The molecule has 3 rings (SSSR count). The van der Waals surface area contributed by atoms with Crippen LogP contribution in [0.4, 0.5) is 0 Å². The van der Waals surface area contributed by atoms with Crippen molar-refractivity contribution in [1.82, 2.24) is 9.97 Å². The Hall–Kier alpha value is -0.610. The van der Waals surface area contributed by atoms with Gasteiger partial charge in [0.05, 0.1) is 9.72 Å². The summed E-state index contributed by atoms with van der Waals surface area (Å²) in [6.07, 6.45) is 1.73. The van der Waals surface area contributed by atoms with Gasteiger partial charge in [0.25, 0.3) is 0 Å². The fourth-order valence-electron chi connectivity index (χ4n) is 1.58. The van der Waals surface area contributed by atoms with E-state index in [1.54, 1.807) is 6.20 Å². The summed E-state index contributed by atoms with van der Waals surface area (Å²) in [4.78, 5) is 9.14. The SMILES string of the molecule is Clc1nc(Cl)c2c(sc3ncccc32)c1Cl. The van der Waals surface area contributed by atoms with Gasteiger partial charge in [0.15, 0.2) is 5.15 Å². The van der Waals surface area contributed by atoms with E-state index in [0.717, 1.165) is 20.3 Å². The Morgan fingerprint density at radius 1 is 1.12 bits per heavy atom. The summed E-state index contributed by atoms with van der Waals surface area (Å²) in [6.45, 7) is 0. The first kappa shape index (κ1) is 10.5. The second-order valence-electron chi connectivity index (χ2n) is 3.17. The molecule has 0 aliphatic carbocycles. The number of aromatic nitrogens is 2. The molecule has 3 aromatic heterocycles. The molecule has 0 saturated heterocycles. The van der Waals surface area contributed by atoms with E-state index in [4.69, 9.17) is 34.8 Å². The van der Waals surface area contributed by atoms with Gasteiger partial charge in [-0.25, -0.2) is 9.97 Å². The number of pyridine rings is 2. The highest BCUT2D eigenvalue weighted by molar-refractivity contribution is 7.26. The largest absolute Gasteiger partial charge is 0.245 e. The van der Waals surface area contributed by atoms with Gasteiger partial charge in [0.2, 0.25) is 0 Å². The molecule has 80 valence electrons. The minimum atomic E-state index is 0.228. The van der Waals surface area contributed by atoms with Crippen molar-refractivity contribution in [3.8, 4) is 0 Å². The van der Waals surface area contributed by atoms with Crippen molar-refractivity contribution in [1.29, 1.82) is 0 Å². The molecule has 3 heterocycles. The molecular weight excluding hydrogens is 287 g/mol. The molecule has 0 unspecified atom stereocenters. The maximum Gasteiger partial charge on any atom is 0.150 e. The van der Waals surface area contributed by atoms with Gasteiger partial charge in [-0.05, 0) is 12.1 Å². The Balaban J connectivity index is 2.64. The molecule has 0 aliphatic heterocycles. The predicted octanol–water partition coefficient (Wildman–Crippen LogP) is 4.80. The molecule has 6 heteroatoms. The van der Waals surface area contributed by atoms with Gasteiger partial charge in [-0.15, -0.1) is 11.3 Å². The van der Waals surface area contributed by atoms with Crippen LogP contribution in [0, 0.1) is 0 Å². The maximum atomic E-state index is 6.10. The van der Waals surface area contributed by atoms with E-state index < -0.39 is 0 Å². The number of rotatable bonds is 0. The van der Waals surface area contributed by atoms with E-state index in [0.29, 0.717) is 10.2 Å². The van der Waals surface area contributed by atoms with Crippen LogP contribution in [0.5, 0.6) is 0 Å². The Labute approximate surface area is 110 Å². The van der Waals surface area contributed by atoms with Crippen LogP contribution in [0.25, 0.3) is 20.3 Å². The van der Waals surface area contributed by atoms with Crippen LogP contribution >= 0.6 is 46.1 Å². The van der Waals surface area contributed by atoms with Crippen LogP contribution in [-0.2, 0) is 0 Å². The van der Waals surface area contributed by atoms with Crippen LogP contribution < -0.4 is 0 Å². The van der Waals surface area contributed by atoms with Crippen molar-refractivity contribution >= 4 is 66.4 Å². The topological polar surface area (TPSA) is 25.8 Å². The number of halogens is 3. The second-order valence-corrected chi connectivity index (χ2v) is 5.26. The molecule has 0 spiro atoms. The van der Waals surface area contributed by atoms with Gasteiger partial charge >= 0.3 is 0 Å². The third-order valence-electron chi connectivity index (χ3n) is 2.25. The highest BCUT2D eigenvalue weighted by atomic mass is 35.5. The summed E-state index contributed by atoms with van der Waals surface area (Å²) in [5, 5.41) is 2.81. The normalized spacial score (nSPS) is 11.4. The fraction of sp³-hybridized carbons (Fsp3) is 0. The number of hydrogen-bond donors (Lipinski definition) is 0. The third-order valence-corrected chi connectivity index (χ3v) is 4.50. The lowest BCUT2D eigenvalue weighted by Crippen LogP contribution is -1.80. The van der Waals surface area contributed by atoms with Crippen LogP contribution in [0.15, 0.2) is 18.3 Å². The molecule has 0 N–H and O–H groups in total. The average molecular weight is 290 g/mol.